The van der Waals surface area contributed by atoms with Crippen molar-refractivity contribution >= 4 is 21.8 Å². The molecule has 1 amide bonds. The quantitative estimate of drug-likeness (QED) is 0.908. The van der Waals surface area contributed by atoms with Gasteiger partial charge in [0.15, 0.2) is 6.61 Å². The molecule has 1 aromatic carbocycles. The van der Waals surface area contributed by atoms with Gasteiger partial charge >= 0.3 is 0 Å². The van der Waals surface area contributed by atoms with Crippen molar-refractivity contribution in [3.63, 3.8) is 0 Å². The second-order valence-corrected chi connectivity index (χ2v) is 6.35. The number of likely N-dealkylation sites (tertiary alicyclic amines) is 1. The molecular weight excluding hydrogens is 329 g/mol. The smallest absolute Gasteiger partial charge is 0.260 e. The minimum Gasteiger partial charge on any atom is -0.483 e. The molecule has 0 radical (unpaired) electrons. The van der Waals surface area contributed by atoms with Crippen LogP contribution in [0.2, 0.25) is 0 Å². The maximum Gasteiger partial charge on any atom is 0.260 e. The summed E-state index contributed by atoms with van der Waals surface area (Å²) in [5.41, 5.74) is -0.674. The number of benzene rings is 1. The molecule has 4 nitrogen and oxygen atoms in total. The summed E-state index contributed by atoms with van der Waals surface area (Å²) < 4.78 is 18.8. The van der Waals surface area contributed by atoms with Gasteiger partial charge in [-0.25, -0.2) is 4.39 Å². The van der Waals surface area contributed by atoms with Gasteiger partial charge in [-0.15, -0.1) is 0 Å². The number of hydrogen-bond acceptors (Lipinski definition) is 3. The van der Waals surface area contributed by atoms with E-state index in [-0.39, 0.29) is 18.3 Å². The Morgan fingerprint density at radius 1 is 1.50 bits per heavy atom. The number of carbonyl (C=O) groups is 1. The van der Waals surface area contributed by atoms with Crippen molar-refractivity contribution < 1.29 is 19.0 Å². The number of ether oxygens (including phenoxy) is 1. The number of carbonyl (C=O) groups excluding carboxylic acids is 1. The summed E-state index contributed by atoms with van der Waals surface area (Å²) in [5.74, 6) is 0.260. The van der Waals surface area contributed by atoms with Gasteiger partial charge in [-0.2, -0.15) is 0 Å². The molecule has 2 aliphatic rings. The van der Waals surface area contributed by atoms with E-state index in [2.05, 4.69) is 15.9 Å². The minimum atomic E-state index is -0.674. The molecule has 1 aliphatic carbocycles. The third-order valence-electron chi connectivity index (χ3n) is 3.86. The molecule has 6 heteroatoms. The van der Waals surface area contributed by atoms with E-state index in [9.17, 15) is 14.3 Å². The molecule has 3 rings (SSSR count). The zero-order valence-corrected chi connectivity index (χ0v) is 12.4. The number of rotatable bonds is 4. The standard InChI is InChI=1S/C14H15BrFNO3/c15-11-5-10(16)3-4-12(11)20-6-13(18)17-7-14(19,8-17)9-1-2-9/h3-5,9,19H,1-2,6-8H2. The third-order valence-corrected chi connectivity index (χ3v) is 4.48. The highest BCUT2D eigenvalue weighted by Gasteiger charge is 2.53. The fraction of sp³-hybridized carbons (Fsp3) is 0.500. The highest BCUT2D eigenvalue weighted by Crippen LogP contribution is 2.44. The largest absolute Gasteiger partial charge is 0.483 e. The first-order valence-corrected chi connectivity index (χ1v) is 7.35. The SMILES string of the molecule is O=C(COc1ccc(F)cc1Br)N1CC(O)(C2CC2)C1. The monoisotopic (exact) mass is 343 g/mol. The Morgan fingerprint density at radius 2 is 2.20 bits per heavy atom. The van der Waals surface area contributed by atoms with E-state index < -0.39 is 5.60 Å². The van der Waals surface area contributed by atoms with Gasteiger partial charge in [-0.3, -0.25) is 4.79 Å². The predicted octanol–water partition coefficient (Wildman–Crippen LogP) is 1.95. The van der Waals surface area contributed by atoms with Gasteiger partial charge in [0.25, 0.3) is 5.91 Å². The van der Waals surface area contributed by atoms with Gasteiger partial charge < -0.3 is 14.7 Å². The molecule has 1 aromatic rings. The number of β-amino-alcohol motifs (C(OH)–C–C–N with tert-alkyl or cyclic N) is 1. The lowest BCUT2D eigenvalue weighted by atomic mass is 9.89. The molecule has 2 fully saturated rings. The maximum atomic E-state index is 12.9. The molecule has 20 heavy (non-hydrogen) atoms. The summed E-state index contributed by atoms with van der Waals surface area (Å²) in [5, 5.41) is 10.1. The van der Waals surface area contributed by atoms with E-state index in [0.29, 0.717) is 29.2 Å². The lowest BCUT2D eigenvalue weighted by Crippen LogP contribution is -2.65. The average molecular weight is 344 g/mol. The van der Waals surface area contributed by atoms with Gasteiger partial charge in [0.2, 0.25) is 0 Å². The van der Waals surface area contributed by atoms with E-state index in [1.807, 2.05) is 0 Å². The Hall–Kier alpha value is -1.14. The molecule has 0 unspecified atom stereocenters. The number of aliphatic hydroxyl groups is 1. The number of amides is 1. The average Bonchev–Trinajstić information content (AvgIpc) is 3.18. The van der Waals surface area contributed by atoms with Crippen molar-refractivity contribution in [3.05, 3.63) is 28.5 Å². The third kappa shape index (κ3) is 2.67. The second-order valence-electron chi connectivity index (χ2n) is 5.49. The van der Waals surface area contributed by atoms with Crippen LogP contribution in [0, 0.1) is 11.7 Å². The first kappa shape index (κ1) is 13.8. The zero-order valence-electron chi connectivity index (χ0n) is 10.8. The van der Waals surface area contributed by atoms with Crippen molar-refractivity contribution in [2.75, 3.05) is 19.7 Å². The highest BCUT2D eigenvalue weighted by molar-refractivity contribution is 9.10. The minimum absolute atomic E-state index is 0.106. The van der Waals surface area contributed by atoms with E-state index >= 15 is 0 Å². The van der Waals surface area contributed by atoms with Crippen LogP contribution in [0.15, 0.2) is 22.7 Å². The van der Waals surface area contributed by atoms with E-state index in [1.165, 1.54) is 18.2 Å². The van der Waals surface area contributed by atoms with Gasteiger partial charge in [0.05, 0.1) is 17.6 Å². The molecule has 1 heterocycles. The Kier molecular flexibility index (Phi) is 3.46. The first-order chi connectivity index (χ1) is 9.48. The second kappa shape index (κ2) is 5.00. The van der Waals surface area contributed by atoms with Crippen LogP contribution in [0.1, 0.15) is 12.8 Å². The van der Waals surface area contributed by atoms with Crippen molar-refractivity contribution in [1.29, 1.82) is 0 Å². The summed E-state index contributed by atoms with van der Waals surface area (Å²) in [6.07, 6.45) is 2.11. The number of hydrogen-bond donors (Lipinski definition) is 1. The van der Waals surface area contributed by atoms with Gasteiger partial charge in [-0.1, -0.05) is 0 Å². The molecule has 0 aromatic heterocycles. The van der Waals surface area contributed by atoms with Crippen LogP contribution in [0.4, 0.5) is 4.39 Å². The van der Waals surface area contributed by atoms with Gasteiger partial charge in [0, 0.05) is 0 Å². The lowest BCUT2D eigenvalue weighted by Gasteiger charge is -2.46. The van der Waals surface area contributed by atoms with Crippen molar-refractivity contribution in [2.24, 2.45) is 5.92 Å². The van der Waals surface area contributed by atoms with Crippen molar-refractivity contribution in [1.82, 2.24) is 4.90 Å². The van der Waals surface area contributed by atoms with E-state index in [1.54, 1.807) is 4.90 Å². The summed E-state index contributed by atoms with van der Waals surface area (Å²) in [6, 6.07) is 4.04. The maximum absolute atomic E-state index is 12.9. The summed E-state index contributed by atoms with van der Waals surface area (Å²) in [7, 11) is 0. The van der Waals surface area contributed by atoms with Crippen LogP contribution in [0.25, 0.3) is 0 Å². The predicted molar refractivity (Wildman–Crippen MR) is 73.8 cm³/mol. The van der Waals surface area contributed by atoms with Gasteiger partial charge in [-0.05, 0) is 52.9 Å². The summed E-state index contributed by atoms with van der Waals surface area (Å²) >= 11 is 3.18. The van der Waals surface area contributed by atoms with Crippen LogP contribution in [0.3, 0.4) is 0 Å². The molecule has 108 valence electrons. The fourth-order valence-electron chi connectivity index (χ4n) is 2.49. The molecule has 1 saturated heterocycles. The molecule has 0 atom stereocenters. The Labute approximate surface area is 124 Å². The topological polar surface area (TPSA) is 49.8 Å². The molecular formula is C14H15BrFNO3. The van der Waals surface area contributed by atoms with Crippen LogP contribution >= 0.6 is 15.9 Å². The Bertz CT molecular complexity index is 541. The van der Waals surface area contributed by atoms with E-state index in [0.717, 1.165) is 12.8 Å². The van der Waals surface area contributed by atoms with Crippen molar-refractivity contribution in [2.45, 2.75) is 18.4 Å². The Morgan fingerprint density at radius 3 is 2.80 bits per heavy atom. The molecule has 0 spiro atoms. The normalized spacial score (nSPS) is 20.4. The van der Waals surface area contributed by atoms with Crippen molar-refractivity contribution in [3.8, 4) is 5.75 Å². The van der Waals surface area contributed by atoms with Crippen LogP contribution in [-0.4, -0.2) is 41.2 Å². The van der Waals surface area contributed by atoms with Crippen LogP contribution < -0.4 is 4.74 Å². The van der Waals surface area contributed by atoms with Crippen LogP contribution in [0.5, 0.6) is 5.75 Å². The first-order valence-electron chi connectivity index (χ1n) is 6.56. The highest BCUT2D eigenvalue weighted by atomic mass is 79.9. The Balaban J connectivity index is 1.50. The molecule has 1 saturated carbocycles. The molecule has 1 N–H and O–H groups in total. The summed E-state index contributed by atoms with van der Waals surface area (Å²) in [6.45, 7) is 0.680. The van der Waals surface area contributed by atoms with E-state index in [4.69, 9.17) is 4.74 Å². The van der Waals surface area contributed by atoms with Crippen LogP contribution in [-0.2, 0) is 4.79 Å². The molecule has 1 aliphatic heterocycles. The number of nitrogens with zero attached hydrogens (tertiary/aromatic N) is 1. The van der Waals surface area contributed by atoms with Gasteiger partial charge in [0.1, 0.15) is 17.2 Å². The zero-order chi connectivity index (χ0) is 14.3. The number of halogens is 2. The summed E-state index contributed by atoms with van der Waals surface area (Å²) in [4.78, 5) is 13.5. The molecule has 0 bridgehead atoms. The fourth-order valence-corrected chi connectivity index (χ4v) is 2.96. The lowest BCUT2D eigenvalue weighted by molar-refractivity contribution is -0.161.